The Morgan fingerprint density at radius 3 is 2.43 bits per heavy atom. The summed E-state index contributed by atoms with van der Waals surface area (Å²) in [5, 5.41) is 8.68. The monoisotopic (exact) mass is 199 g/mol. The highest BCUT2D eigenvalue weighted by Gasteiger charge is 2.17. The van der Waals surface area contributed by atoms with Gasteiger partial charge < -0.3 is 10.0 Å². The second-order valence-corrected chi connectivity index (χ2v) is 3.12. The van der Waals surface area contributed by atoms with E-state index in [1.54, 1.807) is 19.9 Å². The summed E-state index contributed by atoms with van der Waals surface area (Å²) in [5.74, 6) is -1.54. The molecule has 1 atom stereocenters. The Labute approximate surface area is 84.2 Å². The van der Waals surface area contributed by atoms with Crippen LogP contribution in [0.3, 0.4) is 0 Å². The van der Waals surface area contributed by atoms with E-state index in [1.807, 2.05) is 6.92 Å². The molecule has 0 aliphatic heterocycles. The number of carbonyl (C=O) groups excluding carboxylic acids is 1. The Balaban J connectivity index is 4.28. The summed E-state index contributed by atoms with van der Waals surface area (Å²) in [6.45, 7) is 5.96. The first-order valence-electron chi connectivity index (χ1n) is 4.67. The Morgan fingerprint density at radius 1 is 1.50 bits per heavy atom. The van der Waals surface area contributed by atoms with Gasteiger partial charge in [0.05, 0.1) is 5.92 Å². The molecule has 0 aliphatic rings. The van der Waals surface area contributed by atoms with Crippen molar-refractivity contribution in [3.05, 3.63) is 12.2 Å². The molecular weight excluding hydrogens is 182 g/mol. The number of carboxylic acids is 1. The Morgan fingerprint density at radius 2 is 2.07 bits per heavy atom. The number of nitrogens with zero attached hydrogens (tertiary/aromatic N) is 1. The number of hydrogen-bond acceptors (Lipinski definition) is 2. The number of rotatable bonds is 5. The molecule has 0 spiro atoms. The molecule has 0 aliphatic carbocycles. The van der Waals surface area contributed by atoms with Crippen molar-refractivity contribution in [3.63, 3.8) is 0 Å². The maximum Gasteiger partial charge on any atom is 0.308 e. The van der Waals surface area contributed by atoms with Crippen molar-refractivity contribution >= 4 is 11.9 Å². The number of carboxylic acid groups (broad SMARTS) is 1. The molecular formula is C10H17NO3. The van der Waals surface area contributed by atoms with E-state index >= 15 is 0 Å². The molecule has 0 radical (unpaired) electrons. The number of amides is 1. The molecule has 0 saturated heterocycles. The van der Waals surface area contributed by atoms with Gasteiger partial charge in [0.1, 0.15) is 0 Å². The molecule has 1 unspecified atom stereocenters. The van der Waals surface area contributed by atoms with Crippen LogP contribution in [-0.4, -0.2) is 35.0 Å². The number of carbonyl (C=O) groups is 2. The zero-order valence-electron chi connectivity index (χ0n) is 8.86. The number of likely N-dealkylation sites (N-methyl/N-ethyl adjacent to an activating group) is 1. The van der Waals surface area contributed by atoms with Crippen LogP contribution in [0, 0.1) is 5.92 Å². The van der Waals surface area contributed by atoms with E-state index in [4.69, 9.17) is 5.11 Å². The fourth-order valence-corrected chi connectivity index (χ4v) is 1.03. The zero-order chi connectivity index (χ0) is 11.1. The van der Waals surface area contributed by atoms with Crippen molar-refractivity contribution in [3.8, 4) is 0 Å². The molecule has 1 N–H and O–H groups in total. The fourth-order valence-electron chi connectivity index (χ4n) is 1.03. The SMILES string of the molecule is CC=CC(=O)N(CC)CC(C)C(=O)O. The average Bonchev–Trinajstić information content (AvgIpc) is 2.13. The summed E-state index contributed by atoms with van der Waals surface area (Å²) < 4.78 is 0. The first kappa shape index (κ1) is 12.7. The lowest BCUT2D eigenvalue weighted by Gasteiger charge is -2.21. The third-order valence-electron chi connectivity index (χ3n) is 1.92. The van der Waals surface area contributed by atoms with Gasteiger partial charge >= 0.3 is 5.97 Å². The van der Waals surface area contributed by atoms with Crippen molar-refractivity contribution in [2.75, 3.05) is 13.1 Å². The lowest BCUT2D eigenvalue weighted by Crippen LogP contribution is -2.35. The smallest absolute Gasteiger partial charge is 0.308 e. The third kappa shape index (κ3) is 4.07. The first-order chi connectivity index (χ1) is 6.52. The van der Waals surface area contributed by atoms with Gasteiger partial charge in [-0.25, -0.2) is 0 Å². The highest BCUT2D eigenvalue weighted by atomic mass is 16.4. The Bertz CT molecular complexity index is 236. The quantitative estimate of drug-likeness (QED) is 0.675. The van der Waals surface area contributed by atoms with Crippen LogP contribution in [0.1, 0.15) is 20.8 Å². The number of aliphatic carboxylic acids is 1. The predicted octanol–water partition coefficient (Wildman–Crippen LogP) is 1.13. The van der Waals surface area contributed by atoms with Gasteiger partial charge in [-0.05, 0) is 19.9 Å². The summed E-state index contributed by atoms with van der Waals surface area (Å²) in [5.41, 5.74) is 0. The Kier molecular flexibility index (Phi) is 5.60. The van der Waals surface area contributed by atoms with Gasteiger partial charge in [-0.2, -0.15) is 0 Å². The maximum atomic E-state index is 11.4. The van der Waals surface area contributed by atoms with Gasteiger partial charge in [-0.3, -0.25) is 9.59 Å². The molecule has 0 saturated carbocycles. The zero-order valence-corrected chi connectivity index (χ0v) is 8.86. The topological polar surface area (TPSA) is 57.6 Å². The molecule has 0 aromatic carbocycles. The van der Waals surface area contributed by atoms with Crippen molar-refractivity contribution in [2.45, 2.75) is 20.8 Å². The molecule has 0 bridgehead atoms. The minimum atomic E-state index is -0.878. The van der Waals surface area contributed by atoms with Gasteiger partial charge in [0.15, 0.2) is 0 Å². The van der Waals surface area contributed by atoms with Gasteiger partial charge in [-0.15, -0.1) is 0 Å². The molecule has 0 rings (SSSR count). The van der Waals surface area contributed by atoms with Crippen molar-refractivity contribution in [1.82, 2.24) is 4.90 Å². The van der Waals surface area contributed by atoms with Crippen molar-refractivity contribution < 1.29 is 14.7 Å². The van der Waals surface area contributed by atoms with Crippen LogP contribution in [0.5, 0.6) is 0 Å². The van der Waals surface area contributed by atoms with Crippen molar-refractivity contribution in [1.29, 1.82) is 0 Å². The summed E-state index contributed by atoms with van der Waals surface area (Å²) in [6.07, 6.45) is 3.09. The van der Waals surface area contributed by atoms with E-state index < -0.39 is 11.9 Å². The number of allylic oxidation sites excluding steroid dienone is 1. The molecule has 0 heterocycles. The largest absolute Gasteiger partial charge is 0.481 e. The second-order valence-electron chi connectivity index (χ2n) is 3.12. The lowest BCUT2D eigenvalue weighted by atomic mass is 10.1. The number of hydrogen-bond donors (Lipinski definition) is 1. The average molecular weight is 199 g/mol. The standard InChI is InChI=1S/C10H17NO3/c1-4-6-9(12)11(5-2)7-8(3)10(13)14/h4,6,8H,5,7H2,1-3H3,(H,13,14). The first-order valence-corrected chi connectivity index (χ1v) is 4.67. The van der Waals surface area contributed by atoms with Gasteiger partial charge in [0, 0.05) is 13.1 Å². The molecule has 14 heavy (non-hydrogen) atoms. The van der Waals surface area contributed by atoms with E-state index in [9.17, 15) is 9.59 Å². The van der Waals surface area contributed by atoms with E-state index in [0.717, 1.165) is 0 Å². The molecule has 0 aromatic heterocycles. The third-order valence-corrected chi connectivity index (χ3v) is 1.92. The summed E-state index contributed by atoms with van der Waals surface area (Å²) in [6, 6.07) is 0. The minimum Gasteiger partial charge on any atom is -0.481 e. The summed E-state index contributed by atoms with van der Waals surface area (Å²) in [4.78, 5) is 23.5. The minimum absolute atomic E-state index is 0.136. The van der Waals surface area contributed by atoms with Crippen LogP contribution < -0.4 is 0 Å². The molecule has 4 heteroatoms. The molecule has 4 nitrogen and oxygen atoms in total. The molecule has 0 aromatic rings. The van der Waals surface area contributed by atoms with Crippen LogP contribution in [0.15, 0.2) is 12.2 Å². The van der Waals surface area contributed by atoms with Crippen LogP contribution in [0.4, 0.5) is 0 Å². The van der Waals surface area contributed by atoms with E-state index in [1.165, 1.54) is 11.0 Å². The van der Waals surface area contributed by atoms with Gasteiger partial charge in [-0.1, -0.05) is 13.0 Å². The fraction of sp³-hybridized carbons (Fsp3) is 0.600. The van der Waals surface area contributed by atoms with E-state index in [2.05, 4.69) is 0 Å². The molecule has 0 fully saturated rings. The van der Waals surface area contributed by atoms with E-state index in [0.29, 0.717) is 6.54 Å². The van der Waals surface area contributed by atoms with Crippen LogP contribution in [-0.2, 0) is 9.59 Å². The second kappa shape index (κ2) is 6.18. The van der Waals surface area contributed by atoms with Crippen LogP contribution >= 0.6 is 0 Å². The Hall–Kier alpha value is -1.32. The normalized spacial score (nSPS) is 12.8. The van der Waals surface area contributed by atoms with Crippen LogP contribution in [0.2, 0.25) is 0 Å². The van der Waals surface area contributed by atoms with Crippen LogP contribution in [0.25, 0.3) is 0 Å². The summed E-state index contributed by atoms with van der Waals surface area (Å²) >= 11 is 0. The molecule has 1 amide bonds. The lowest BCUT2D eigenvalue weighted by molar-refractivity contribution is -0.142. The maximum absolute atomic E-state index is 11.4. The van der Waals surface area contributed by atoms with Crippen molar-refractivity contribution in [2.24, 2.45) is 5.92 Å². The highest BCUT2D eigenvalue weighted by Crippen LogP contribution is 2.01. The highest BCUT2D eigenvalue weighted by molar-refractivity contribution is 5.87. The molecule has 80 valence electrons. The van der Waals surface area contributed by atoms with E-state index in [-0.39, 0.29) is 12.5 Å². The predicted molar refractivity (Wildman–Crippen MR) is 53.9 cm³/mol. The van der Waals surface area contributed by atoms with Gasteiger partial charge in [0.25, 0.3) is 0 Å². The van der Waals surface area contributed by atoms with Gasteiger partial charge in [0.2, 0.25) is 5.91 Å². The summed E-state index contributed by atoms with van der Waals surface area (Å²) in [7, 11) is 0.